The monoisotopic (exact) mass is 231 g/mol. The van der Waals surface area contributed by atoms with Crippen LogP contribution in [0.5, 0.6) is 0 Å². The highest BCUT2D eigenvalue weighted by atomic mass is 16.7. The molecule has 5 nitrogen and oxygen atoms in total. The summed E-state index contributed by atoms with van der Waals surface area (Å²) < 4.78 is 15.8. The summed E-state index contributed by atoms with van der Waals surface area (Å²) in [6, 6.07) is -0.722. The fourth-order valence-corrected chi connectivity index (χ4v) is 1.68. The second-order valence-electron chi connectivity index (χ2n) is 5.14. The first-order chi connectivity index (χ1) is 7.20. The predicted molar refractivity (Wildman–Crippen MR) is 58.7 cm³/mol. The summed E-state index contributed by atoms with van der Waals surface area (Å²) in [7, 11) is 1.33. The summed E-state index contributed by atoms with van der Waals surface area (Å²) >= 11 is 0. The van der Waals surface area contributed by atoms with Crippen LogP contribution in [0.3, 0.4) is 0 Å². The van der Waals surface area contributed by atoms with Gasteiger partial charge >= 0.3 is 5.97 Å². The van der Waals surface area contributed by atoms with Gasteiger partial charge in [-0.05, 0) is 13.8 Å². The average molecular weight is 231 g/mol. The van der Waals surface area contributed by atoms with Crippen LogP contribution in [0.2, 0.25) is 0 Å². The summed E-state index contributed by atoms with van der Waals surface area (Å²) in [6.45, 7) is 7.87. The van der Waals surface area contributed by atoms with E-state index in [1.807, 2.05) is 27.7 Å². The van der Waals surface area contributed by atoms with Crippen molar-refractivity contribution in [3.05, 3.63) is 0 Å². The SMILES string of the molecule is COC(=O)C(N)C(C)(C)C1COC(C)(C)O1. The Hall–Kier alpha value is -0.650. The van der Waals surface area contributed by atoms with E-state index in [1.54, 1.807) is 0 Å². The van der Waals surface area contributed by atoms with Crippen molar-refractivity contribution in [2.75, 3.05) is 13.7 Å². The lowest BCUT2D eigenvalue weighted by Crippen LogP contribution is -2.52. The first-order valence-corrected chi connectivity index (χ1v) is 5.36. The van der Waals surface area contributed by atoms with Crippen LogP contribution in [0.25, 0.3) is 0 Å². The van der Waals surface area contributed by atoms with E-state index in [0.29, 0.717) is 6.61 Å². The molecule has 0 spiro atoms. The molecule has 0 aliphatic carbocycles. The smallest absolute Gasteiger partial charge is 0.323 e. The number of nitrogens with two attached hydrogens (primary N) is 1. The van der Waals surface area contributed by atoms with Gasteiger partial charge in [-0.15, -0.1) is 0 Å². The molecule has 1 fully saturated rings. The summed E-state index contributed by atoms with van der Waals surface area (Å²) in [4.78, 5) is 11.4. The van der Waals surface area contributed by atoms with Gasteiger partial charge in [-0.25, -0.2) is 0 Å². The molecule has 5 heteroatoms. The fourth-order valence-electron chi connectivity index (χ4n) is 1.68. The number of carbonyl (C=O) groups excluding carboxylic acids is 1. The van der Waals surface area contributed by atoms with E-state index in [-0.39, 0.29) is 6.10 Å². The van der Waals surface area contributed by atoms with Crippen molar-refractivity contribution < 1.29 is 19.0 Å². The maximum Gasteiger partial charge on any atom is 0.323 e. The third-order valence-electron chi connectivity index (χ3n) is 3.09. The van der Waals surface area contributed by atoms with Crippen molar-refractivity contribution in [1.82, 2.24) is 0 Å². The molecule has 0 aromatic rings. The van der Waals surface area contributed by atoms with Gasteiger partial charge in [0.15, 0.2) is 5.79 Å². The van der Waals surface area contributed by atoms with Gasteiger partial charge in [0, 0.05) is 5.41 Å². The Bertz CT molecular complexity index is 275. The zero-order valence-electron chi connectivity index (χ0n) is 10.6. The molecule has 16 heavy (non-hydrogen) atoms. The van der Waals surface area contributed by atoms with E-state index in [1.165, 1.54) is 7.11 Å². The molecule has 0 amide bonds. The molecule has 1 aliphatic heterocycles. The molecule has 2 unspecified atom stereocenters. The average Bonchev–Trinajstić information content (AvgIpc) is 2.57. The van der Waals surface area contributed by atoms with Crippen LogP contribution in [0.1, 0.15) is 27.7 Å². The molecule has 0 aromatic carbocycles. The second kappa shape index (κ2) is 4.31. The van der Waals surface area contributed by atoms with E-state index >= 15 is 0 Å². The van der Waals surface area contributed by atoms with Crippen LogP contribution in [-0.2, 0) is 19.0 Å². The number of rotatable bonds is 3. The highest BCUT2D eigenvalue weighted by Crippen LogP contribution is 2.35. The van der Waals surface area contributed by atoms with Gasteiger partial charge in [-0.3, -0.25) is 4.79 Å². The molecule has 1 aliphatic rings. The normalized spacial score (nSPS) is 26.5. The quantitative estimate of drug-likeness (QED) is 0.723. The van der Waals surface area contributed by atoms with Gasteiger partial charge < -0.3 is 19.9 Å². The van der Waals surface area contributed by atoms with Crippen LogP contribution >= 0.6 is 0 Å². The van der Waals surface area contributed by atoms with Crippen LogP contribution in [-0.4, -0.2) is 37.6 Å². The fraction of sp³-hybridized carbons (Fsp3) is 0.909. The first kappa shape index (κ1) is 13.4. The molecule has 1 heterocycles. The lowest BCUT2D eigenvalue weighted by atomic mass is 9.79. The molecule has 0 saturated carbocycles. The molecule has 94 valence electrons. The minimum atomic E-state index is -0.722. The van der Waals surface area contributed by atoms with Gasteiger partial charge in [0.1, 0.15) is 6.04 Å². The molecule has 0 aromatic heterocycles. The van der Waals surface area contributed by atoms with E-state index in [2.05, 4.69) is 4.74 Å². The lowest BCUT2D eigenvalue weighted by molar-refractivity contribution is -0.162. The number of methoxy groups -OCH3 is 1. The molecule has 2 atom stereocenters. The topological polar surface area (TPSA) is 70.8 Å². The third kappa shape index (κ3) is 2.53. The Kier molecular flexibility index (Phi) is 3.62. The summed E-state index contributed by atoms with van der Waals surface area (Å²) in [6.07, 6.45) is -0.211. The minimum absolute atomic E-state index is 0.211. The van der Waals surface area contributed by atoms with Crippen molar-refractivity contribution >= 4 is 5.97 Å². The molecule has 0 radical (unpaired) electrons. The van der Waals surface area contributed by atoms with Gasteiger partial charge in [-0.1, -0.05) is 13.8 Å². The minimum Gasteiger partial charge on any atom is -0.468 e. The highest BCUT2D eigenvalue weighted by molar-refractivity contribution is 5.76. The molecule has 1 rings (SSSR count). The van der Waals surface area contributed by atoms with Crippen LogP contribution in [0, 0.1) is 5.41 Å². The van der Waals surface area contributed by atoms with Gasteiger partial charge in [0.25, 0.3) is 0 Å². The lowest BCUT2D eigenvalue weighted by Gasteiger charge is -2.34. The number of hydrogen-bond acceptors (Lipinski definition) is 5. The van der Waals surface area contributed by atoms with Gasteiger partial charge in [0.05, 0.1) is 19.8 Å². The van der Waals surface area contributed by atoms with Crippen LogP contribution in [0.4, 0.5) is 0 Å². The van der Waals surface area contributed by atoms with Gasteiger partial charge in [-0.2, -0.15) is 0 Å². The number of ether oxygens (including phenoxy) is 3. The summed E-state index contributed by atoms with van der Waals surface area (Å²) in [5.74, 6) is -1.05. The second-order valence-corrected chi connectivity index (χ2v) is 5.14. The Morgan fingerprint density at radius 1 is 1.56 bits per heavy atom. The molecule has 0 bridgehead atoms. The number of hydrogen-bond donors (Lipinski definition) is 1. The third-order valence-corrected chi connectivity index (χ3v) is 3.09. The Morgan fingerprint density at radius 2 is 2.12 bits per heavy atom. The van der Waals surface area contributed by atoms with Crippen LogP contribution in [0.15, 0.2) is 0 Å². The van der Waals surface area contributed by atoms with E-state index in [0.717, 1.165) is 0 Å². The molecular weight excluding hydrogens is 210 g/mol. The maximum atomic E-state index is 11.4. The van der Waals surface area contributed by atoms with Gasteiger partial charge in [0.2, 0.25) is 0 Å². The molecular formula is C11H21NO4. The van der Waals surface area contributed by atoms with Crippen molar-refractivity contribution in [1.29, 1.82) is 0 Å². The number of carbonyl (C=O) groups is 1. The zero-order chi connectivity index (χ0) is 12.6. The maximum absolute atomic E-state index is 11.4. The first-order valence-electron chi connectivity index (χ1n) is 5.36. The molecule has 1 saturated heterocycles. The Labute approximate surface area is 96.2 Å². The Balaban J connectivity index is 2.74. The predicted octanol–water partition coefficient (Wildman–Crippen LogP) is 0.664. The van der Waals surface area contributed by atoms with Crippen molar-refractivity contribution in [2.24, 2.45) is 11.1 Å². The standard InChI is InChI=1S/C11H21NO4/c1-10(2,8(12)9(13)14-5)7-6-15-11(3,4)16-7/h7-8H,6,12H2,1-5H3. The van der Waals surface area contributed by atoms with E-state index in [9.17, 15) is 4.79 Å². The summed E-state index contributed by atoms with van der Waals surface area (Å²) in [5.41, 5.74) is 5.34. The van der Waals surface area contributed by atoms with Crippen molar-refractivity contribution in [2.45, 2.75) is 45.6 Å². The Morgan fingerprint density at radius 3 is 2.50 bits per heavy atom. The van der Waals surface area contributed by atoms with E-state index in [4.69, 9.17) is 15.2 Å². The van der Waals surface area contributed by atoms with E-state index < -0.39 is 23.2 Å². The van der Waals surface area contributed by atoms with Crippen molar-refractivity contribution in [3.8, 4) is 0 Å². The van der Waals surface area contributed by atoms with Crippen molar-refractivity contribution in [3.63, 3.8) is 0 Å². The zero-order valence-corrected chi connectivity index (χ0v) is 10.6. The largest absolute Gasteiger partial charge is 0.468 e. The summed E-state index contributed by atoms with van der Waals surface area (Å²) in [5, 5.41) is 0. The highest BCUT2D eigenvalue weighted by Gasteiger charge is 2.47. The molecule has 2 N–H and O–H groups in total. The number of esters is 1. The van der Waals surface area contributed by atoms with Crippen LogP contribution < -0.4 is 5.73 Å².